The number of benzene rings is 4. The first kappa shape index (κ1) is 23.0. The summed E-state index contributed by atoms with van der Waals surface area (Å²) in [6.45, 7) is 2.16. The van der Waals surface area contributed by atoms with E-state index in [0.29, 0.717) is 11.5 Å². The molecule has 0 aliphatic rings. The molecule has 0 saturated carbocycles. The minimum atomic E-state index is -1.03. The fraction of sp³-hybridized carbons (Fsp3) is 0.214. The predicted octanol–water partition coefficient (Wildman–Crippen LogP) is 8.99. The topological polar surface area (TPSA) is 0 Å². The number of aryl methyl sites for hydroxylation is 1. The van der Waals surface area contributed by atoms with E-state index in [0.717, 1.165) is 60.9 Å². The smallest absolute Gasteiger partial charge is 0.138 e. The lowest BCUT2D eigenvalue weighted by molar-refractivity contribution is 0.578. The summed E-state index contributed by atoms with van der Waals surface area (Å²) in [5, 5.41) is 1.08. The van der Waals surface area contributed by atoms with Crippen molar-refractivity contribution in [2.45, 2.75) is 39.0 Å². The van der Waals surface area contributed by atoms with Crippen LogP contribution in [0.15, 0.2) is 60.7 Å². The molecule has 0 aromatic heterocycles. The Bertz CT molecular complexity index is 1270. The Balaban J connectivity index is 1.69. The summed E-state index contributed by atoms with van der Waals surface area (Å²) in [7, 11) is 0. The van der Waals surface area contributed by atoms with Gasteiger partial charge in [-0.1, -0.05) is 56.5 Å². The van der Waals surface area contributed by atoms with Crippen LogP contribution in [0.5, 0.6) is 0 Å². The lowest BCUT2D eigenvalue weighted by Crippen LogP contribution is -1.96. The summed E-state index contributed by atoms with van der Waals surface area (Å²) in [4.78, 5) is 0. The predicted molar refractivity (Wildman–Crippen MR) is 122 cm³/mol. The number of fused-ring (bicyclic) bond motifs is 1. The summed E-state index contributed by atoms with van der Waals surface area (Å²) in [6, 6.07) is 13.0. The van der Waals surface area contributed by atoms with Crippen LogP contribution in [0.4, 0.5) is 22.0 Å². The second-order valence-corrected chi connectivity index (χ2v) is 8.27. The van der Waals surface area contributed by atoms with Gasteiger partial charge >= 0.3 is 0 Å². The summed E-state index contributed by atoms with van der Waals surface area (Å²) in [5.74, 6) is -4.53. The van der Waals surface area contributed by atoms with Crippen LogP contribution >= 0.6 is 0 Å². The van der Waals surface area contributed by atoms with Crippen molar-refractivity contribution in [3.05, 3.63) is 95.3 Å². The lowest BCUT2D eigenvalue weighted by Gasteiger charge is -2.12. The minimum absolute atomic E-state index is 0.00803. The highest BCUT2D eigenvalue weighted by atomic mass is 19.1. The largest absolute Gasteiger partial charge is 0.207 e. The Morgan fingerprint density at radius 1 is 0.636 bits per heavy atom. The number of hydrogen-bond donors (Lipinski definition) is 0. The van der Waals surface area contributed by atoms with E-state index in [2.05, 4.69) is 6.92 Å². The van der Waals surface area contributed by atoms with Gasteiger partial charge in [-0.05, 0) is 59.2 Å². The summed E-state index contributed by atoms with van der Waals surface area (Å²) in [5.41, 5.74) is 0.349. The highest BCUT2D eigenvalue weighted by Gasteiger charge is 2.18. The number of halogens is 5. The number of rotatable bonds is 7. The van der Waals surface area contributed by atoms with Gasteiger partial charge in [-0.25, -0.2) is 22.0 Å². The van der Waals surface area contributed by atoms with E-state index in [4.69, 9.17) is 0 Å². The van der Waals surface area contributed by atoms with Gasteiger partial charge in [0.05, 0.1) is 5.56 Å². The molecular formula is C28H23F5. The van der Waals surface area contributed by atoms with Crippen molar-refractivity contribution in [2.24, 2.45) is 0 Å². The Kier molecular flexibility index (Phi) is 6.77. The lowest BCUT2D eigenvalue weighted by atomic mass is 9.95. The first-order chi connectivity index (χ1) is 15.9. The molecule has 0 N–H and O–H groups in total. The minimum Gasteiger partial charge on any atom is -0.207 e. The Hall–Kier alpha value is -3.21. The Labute approximate surface area is 189 Å². The monoisotopic (exact) mass is 454 g/mol. The molecule has 0 unspecified atom stereocenters. The van der Waals surface area contributed by atoms with Gasteiger partial charge in [-0.3, -0.25) is 0 Å². The van der Waals surface area contributed by atoms with E-state index in [-0.39, 0.29) is 16.7 Å². The van der Waals surface area contributed by atoms with Crippen LogP contribution in [-0.2, 0) is 6.42 Å². The van der Waals surface area contributed by atoms with Gasteiger partial charge in [-0.15, -0.1) is 0 Å². The molecule has 0 bridgehead atoms. The van der Waals surface area contributed by atoms with Crippen LogP contribution in [-0.4, -0.2) is 0 Å². The Morgan fingerprint density at radius 2 is 1.33 bits per heavy atom. The van der Waals surface area contributed by atoms with Gasteiger partial charge in [-0.2, -0.15) is 0 Å². The average molecular weight is 454 g/mol. The quantitative estimate of drug-likeness (QED) is 0.193. The maximum Gasteiger partial charge on any atom is 0.138 e. The van der Waals surface area contributed by atoms with Crippen LogP contribution in [0.1, 0.15) is 38.2 Å². The van der Waals surface area contributed by atoms with Crippen LogP contribution in [0.3, 0.4) is 0 Å². The first-order valence-corrected chi connectivity index (χ1v) is 11.0. The molecule has 4 aromatic rings. The molecule has 0 nitrogen and oxygen atoms in total. The molecule has 4 rings (SSSR count). The van der Waals surface area contributed by atoms with Crippen molar-refractivity contribution in [2.75, 3.05) is 0 Å². The van der Waals surface area contributed by atoms with E-state index in [1.807, 2.05) is 12.1 Å². The second kappa shape index (κ2) is 9.74. The molecule has 170 valence electrons. The molecule has 0 amide bonds. The molecule has 33 heavy (non-hydrogen) atoms. The maximum absolute atomic E-state index is 15.3. The highest BCUT2D eigenvalue weighted by molar-refractivity contribution is 5.89. The molecule has 0 atom stereocenters. The zero-order chi connectivity index (χ0) is 23.5. The van der Waals surface area contributed by atoms with Crippen LogP contribution in [0.25, 0.3) is 33.0 Å². The van der Waals surface area contributed by atoms with Crippen molar-refractivity contribution >= 4 is 10.8 Å². The highest BCUT2D eigenvalue weighted by Crippen LogP contribution is 2.35. The maximum atomic E-state index is 15.3. The standard InChI is InChI=1S/C28H23F5/c1-2-3-4-5-6-17-7-9-23-18(11-17)8-10-24(28(23)33)19-14-25(31)27(26(32)15-19)20-12-21(29)16-22(30)13-20/h7-16H,2-6H2,1H3. The molecule has 0 spiro atoms. The molecule has 4 aromatic carbocycles. The normalized spacial score (nSPS) is 11.3. The zero-order valence-electron chi connectivity index (χ0n) is 18.2. The Morgan fingerprint density at radius 3 is 2.00 bits per heavy atom. The van der Waals surface area contributed by atoms with Gasteiger partial charge in [0.15, 0.2) is 0 Å². The summed E-state index contributed by atoms with van der Waals surface area (Å²) < 4.78 is 71.9. The molecular weight excluding hydrogens is 431 g/mol. The molecule has 5 heteroatoms. The molecule has 0 aliphatic heterocycles. The first-order valence-electron chi connectivity index (χ1n) is 11.0. The van der Waals surface area contributed by atoms with Crippen molar-refractivity contribution in [1.29, 1.82) is 0 Å². The molecule has 0 saturated heterocycles. The fourth-order valence-corrected chi connectivity index (χ4v) is 4.18. The van der Waals surface area contributed by atoms with Crippen molar-refractivity contribution in [3.8, 4) is 22.3 Å². The molecule has 0 aliphatic carbocycles. The van der Waals surface area contributed by atoms with E-state index in [1.165, 1.54) is 12.5 Å². The van der Waals surface area contributed by atoms with Gasteiger partial charge in [0, 0.05) is 17.0 Å². The van der Waals surface area contributed by atoms with Crippen molar-refractivity contribution < 1.29 is 22.0 Å². The van der Waals surface area contributed by atoms with Gasteiger partial charge < -0.3 is 0 Å². The molecule has 0 radical (unpaired) electrons. The van der Waals surface area contributed by atoms with Crippen molar-refractivity contribution in [3.63, 3.8) is 0 Å². The third-order valence-corrected chi connectivity index (χ3v) is 5.84. The third-order valence-electron chi connectivity index (χ3n) is 5.84. The van der Waals surface area contributed by atoms with E-state index < -0.39 is 34.6 Å². The van der Waals surface area contributed by atoms with Gasteiger partial charge in [0.2, 0.25) is 0 Å². The molecule has 0 heterocycles. The van der Waals surface area contributed by atoms with Gasteiger partial charge in [0.1, 0.15) is 29.1 Å². The third kappa shape index (κ3) is 4.92. The van der Waals surface area contributed by atoms with E-state index in [9.17, 15) is 17.6 Å². The van der Waals surface area contributed by atoms with Crippen LogP contribution in [0.2, 0.25) is 0 Å². The number of hydrogen-bond acceptors (Lipinski definition) is 0. The average Bonchev–Trinajstić information content (AvgIpc) is 2.76. The summed E-state index contributed by atoms with van der Waals surface area (Å²) in [6.07, 6.45) is 5.48. The van der Waals surface area contributed by atoms with Gasteiger partial charge in [0.25, 0.3) is 0 Å². The van der Waals surface area contributed by atoms with Crippen LogP contribution < -0.4 is 0 Å². The van der Waals surface area contributed by atoms with Crippen LogP contribution in [0, 0.1) is 29.1 Å². The second-order valence-electron chi connectivity index (χ2n) is 8.27. The van der Waals surface area contributed by atoms with E-state index in [1.54, 1.807) is 12.1 Å². The van der Waals surface area contributed by atoms with Crippen molar-refractivity contribution in [1.82, 2.24) is 0 Å². The zero-order valence-corrected chi connectivity index (χ0v) is 18.2. The molecule has 0 fully saturated rings. The van der Waals surface area contributed by atoms with E-state index >= 15 is 4.39 Å². The summed E-state index contributed by atoms with van der Waals surface area (Å²) >= 11 is 0. The fourth-order valence-electron chi connectivity index (χ4n) is 4.18. The number of unbranched alkanes of at least 4 members (excludes halogenated alkanes) is 3. The SMILES string of the molecule is CCCCCCc1ccc2c(F)c(-c3cc(F)c(-c4cc(F)cc(F)c4)c(F)c3)ccc2c1.